The lowest BCUT2D eigenvalue weighted by Gasteiger charge is -2.33. The van der Waals surface area contributed by atoms with Crippen molar-refractivity contribution in [3.05, 3.63) is 118 Å². The molecule has 1 heterocycles. The highest BCUT2D eigenvalue weighted by Gasteiger charge is 2.55. The van der Waals surface area contributed by atoms with Crippen LogP contribution in [-0.2, 0) is 37.2 Å². The maximum Gasteiger partial charge on any atom is 0.416 e. The lowest BCUT2D eigenvalue weighted by molar-refractivity contribution is -0.164. The zero-order valence-electron chi connectivity index (χ0n) is 28.5. The van der Waals surface area contributed by atoms with Crippen LogP contribution in [0.25, 0.3) is 11.1 Å². The molecule has 4 aromatic rings. The molecule has 0 aliphatic carbocycles. The summed E-state index contributed by atoms with van der Waals surface area (Å²) in [4.78, 5) is 68.9. The van der Waals surface area contributed by atoms with Gasteiger partial charge in [-0.15, -0.1) is 0 Å². The summed E-state index contributed by atoms with van der Waals surface area (Å²) in [6.45, 7) is 1.10. The van der Waals surface area contributed by atoms with E-state index in [0.717, 1.165) is 24.3 Å². The van der Waals surface area contributed by atoms with E-state index < -0.39 is 53.5 Å². The van der Waals surface area contributed by atoms with E-state index in [-0.39, 0.29) is 52.3 Å². The van der Waals surface area contributed by atoms with Crippen molar-refractivity contribution >= 4 is 35.3 Å². The highest BCUT2D eigenvalue weighted by molar-refractivity contribution is 6.12. The highest BCUT2D eigenvalue weighted by atomic mass is 19.4. The number of halogens is 3. The Labute approximate surface area is 296 Å². The molecule has 1 atom stereocenters. The van der Waals surface area contributed by atoms with Crippen molar-refractivity contribution < 1.29 is 51.7 Å². The molecule has 0 fully saturated rings. The van der Waals surface area contributed by atoms with Gasteiger partial charge >= 0.3 is 18.1 Å². The van der Waals surface area contributed by atoms with Crippen LogP contribution in [0.5, 0.6) is 5.75 Å². The molecule has 0 bridgehead atoms. The summed E-state index contributed by atoms with van der Waals surface area (Å²) in [5, 5.41) is 13.3. The van der Waals surface area contributed by atoms with Crippen LogP contribution >= 0.6 is 0 Å². The number of hydrogen-bond acceptors (Lipinski definition) is 8. The van der Waals surface area contributed by atoms with Gasteiger partial charge < -0.3 is 29.7 Å². The molecule has 1 aliphatic rings. The van der Waals surface area contributed by atoms with Gasteiger partial charge in [0, 0.05) is 37.8 Å². The summed E-state index contributed by atoms with van der Waals surface area (Å²) >= 11 is 0. The fourth-order valence-electron chi connectivity index (χ4n) is 5.97. The van der Waals surface area contributed by atoms with Gasteiger partial charge in [-0.25, -0.2) is 4.79 Å². The first-order valence-corrected chi connectivity index (χ1v) is 16.0. The first-order chi connectivity index (χ1) is 24.6. The summed E-state index contributed by atoms with van der Waals surface area (Å²) < 4.78 is 50.4. The van der Waals surface area contributed by atoms with Gasteiger partial charge in [-0.2, -0.15) is 13.2 Å². The van der Waals surface area contributed by atoms with Crippen LogP contribution in [0.4, 0.5) is 18.9 Å². The topological polar surface area (TPSA) is 143 Å². The number of carbonyl (C=O) groups excluding carboxylic acids is 5. The Balaban J connectivity index is 1.39. The zero-order chi connectivity index (χ0) is 38.0. The zero-order valence-corrected chi connectivity index (χ0v) is 28.5. The number of nitrogens with one attached hydrogen (secondary N) is 1. The van der Waals surface area contributed by atoms with Crippen molar-refractivity contribution in [1.29, 1.82) is 0 Å². The first kappa shape index (κ1) is 37.1. The fraction of sp³-hybridized carbons (Fsp3) is 0.237. The molecule has 0 saturated carbocycles. The fourth-order valence-corrected chi connectivity index (χ4v) is 5.97. The molecule has 0 aromatic heterocycles. The molecule has 52 heavy (non-hydrogen) atoms. The Morgan fingerprint density at radius 3 is 2.25 bits per heavy atom. The van der Waals surface area contributed by atoms with Gasteiger partial charge in [0.2, 0.25) is 5.54 Å². The number of carbonyl (C=O) groups is 5. The van der Waals surface area contributed by atoms with Crippen LogP contribution in [0.15, 0.2) is 84.9 Å². The third-order valence-corrected chi connectivity index (χ3v) is 8.64. The average molecular weight is 718 g/mol. The van der Waals surface area contributed by atoms with Gasteiger partial charge in [0.1, 0.15) is 12.4 Å². The number of amides is 3. The molecule has 5 rings (SSSR count). The van der Waals surface area contributed by atoms with Crippen LogP contribution in [-0.4, -0.2) is 78.9 Å². The molecule has 2 N–H and O–H groups in total. The van der Waals surface area contributed by atoms with E-state index in [2.05, 4.69) is 5.32 Å². The van der Waals surface area contributed by atoms with Crippen LogP contribution in [0.1, 0.15) is 54.7 Å². The largest absolute Gasteiger partial charge is 0.507 e. The quantitative estimate of drug-likeness (QED) is 0.200. The number of aromatic hydroxyl groups is 1. The van der Waals surface area contributed by atoms with Gasteiger partial charge in [-0.3, -0.25) is 19.2 Å². The van der Waals surface area contributed by atoms with E-state index >= 15 is 0 Å². The Hall–Kier alpha value is -6.18. The number of nitrogens with zero attached hydrogens (tertiary/aromatic N) is 2. The molecular formula is C38H34F3N3O8. The smallest absolute Gasteiger partial charge is 0.416 e. The molecule has 270 valence electrons. The van der Waals surface area contributed by atoms with Gasteiger partial charge in [-0.05, 0) is 60.5 Å². The number of ether oxygens (including phenoxy) is 2. The predicted octanol–water partition coefficient (Wildman–Crippen LogP) is 5.66. The van der Waals surface area contributed by atoms with Crippen molar-refractivity contribution in [2.75, 3.05) is 39.7 Å². The Morgan fingerprint density at radius 1 is 0.904 bits per heavy atom. The normalized spacial score (nSPS) is 15.1. The van der Waals surface area contributed by atoms with Gasteiger partial charge in [0.25, 0.3) is 17.7 Å². The number of likely N-dealkylation sites (N-methyl/N-ethyl adjacent to an activating group) is 1. The van der Waals surface area contributed by atoms with E-state index in [4.69, 9.17) is 9.47 Å². The number of hydrogen-bond donors (Lipinski definition) is 2. The molecule has 4 aromatic carbocycles. The van der Waals surface area contributed by atoms with E-state index in [0.29, 0.717) is 11.1 Å². The van der Waals surface area contributed by atoms with Crippen molar-refractivity contribution in [3.63, 3.8) is 0 Å². The van der Waals surface area contributed by atoms with E-state index in [1.165, 1.54) is 67.3 Å². The number of esters is 2. The number of rotatable bonds is 10. The van der Waals surface area contributed by atoms with E-state index in [1.54, 1.807) is 31.2 Å². The first-order valence-electron chi connectivity index (χ1n) is 16.0. The molecule has 3 amide bonds. The molecule has 1 unspecified atom stereocenters. The molecule has 0 spiro atoms. The summed E-state index contributed by atoms with van der Waals surface area (Å²) in [5.41, 5.74) is -1.60. The standard InChI is InChI=1S/C38H34F3N3O8/c1-5-51-36(50)37(28-11-7-6-9-25(28)35(49)44(37)4)21-52-31(46)20-22-13-18-29(27(19-22)34(48)43(2)3)42-33(47)26-10-8-12-30(45)32(26)23-14-16-24(17-15-23)38(39,40)41/h6-19,45H,5,20-21H2,1-4H3,(H,42,47). The van der Waals surface area contributed by atoms with Crippen LogP contribution in [0.2, 0.25) is 0 Å². The minimum atomic E-state index is -4.58. The van der Waals surface area contributed by atoms with Crippen molar-refractivity contribution in [1.82, 2.24) is 9.80 Å². The number of phenolic OH excluding ortho intramolecular Hbond substituents is 1. The summed E-state index contributed by atoms with van der Waals surface area (Å²) in [6, 6.07) is 18.7. The third-order valence-electron chi connectivity index (χ3n) is 8.64. The summed E-state index contributed by atoms with van der Waals surface area (Å²) in [6.07, 6.45) is -4.94. The van der Waals surface area contributed by atoms with Crippen molar-refractivity contribution in [2.45, 2.75) is 25.1 Å². The molecule has 14 heteroatoms. The minimum absolute atomic E-state index is 0.00192. The summed E-state index contributed by atoms with van der Waals surface area (Å²) in [5.74, 6) is -3.65. The lowest BCUT2D eigenvalue weighted by atomic mass is 9.90. The number of anilines is 1. The monoisotopic (exact) mass is 717 g/mol. The highest BCUT2D eigenvalue weighted by Crippen LogP contribution is 2.40. The molecular weight excluding hydrogens is 683 g/mol. The van der Waals surface area contributed by atoms with Crippen LogP contribution < -0.4 is 5.32 Å². The summed E-state index contributed by atoms with van der Waals surface area (Å²) in [7, 11) is 4.39. The number of benzene rings is 4. The maximum absolute atomic E-state index is 13.6. The Bertz CT molecular complexity index is 2060. The average Bonchev–Trinajstić information content (AvgIpc) is 3.33. The maximum atomic E-state index is 13.6. The second-order valence-electron chi connectivity index (χ2n) is 12.1. The molecule has 0 saturated heterocycles. The van der Waals surface area contributed by atoms with Crippen molar-refractivity contribution in [3.8, 4) is 16.9 Å². The predicted molar refractivity (Wildman–Crippen MR) is 182 cm³/mol. The second kappa shape index (κ2) is 14.6. The Kier molecular flexibility index (Phi) is 10.4. The molecule has 0 radical (unpaired) electrons. The van der Waals surface area contributed by atoms with Crippen LogP contribution in [0.3, 0.4) is 0 Å². The number of alkyl halides is 3. The van der Waals surface area contributed by atoms with Crippen molar-refractivity contribution in [2.24, 2.45) is 0 Å². The molecule has 11 nitrogen and oxygen atoms in total. The van der Waals surface area contributed by atoms with Gasteiger partial charge in [0.05, 0.1) is 35.4 Å². The SMILES string of the molecule is CCOC(=O)C1(COC(=O)Cc2ccc(NC(=O)c3cccc(O)c3-c3ccc(C(F)(F)F)cc3)c(C(=O)N(C)C)c2)c2ccccc2C(=O)N1C. The number of phenols is 1. The van der Waals surface area contributed by atoms with Gasteiger partial charge in [-0.1, -0.05) is 42.5 Å². The van der Waals surface area contributed by atoms with Gasteiger partial charge in [0.15, 0.2) is 0 Å². The van der Waals surface area contributed by atoms with Crippen LogP contribution in [0, 0.1) is 0 Å². The van der Waals surface area contributed by atoms with E-state index in [9.17, 15) is 42.3 Å². The Morgan fingerprint density at radius 2 is 1.60 bits per heavy atom. The lowest BCUT2D eigenvalue weighted by Crippen LogP contribution is -2.52. The third kappa shape index (κ3) is 7.04. The second-order valence-corrected chi connectivity index (χ2v) is 12.1. The molecule has 1 aliphatic heterocycles. The van der Waals surface area contributed by atoms with E-state index in [1.807, 2.05) is 0 Å². The number of fused-ring (bicyclic) bond motifs is 1. The minimum Gasteiger partial charge on any atom is -0.507 e.